The molecule has 0 amide bonds. The smallest absolute Gasteiger partial charge is 0.115 e. The van der Waals surface area contributed by atoms with E-state index in [-0.39, 0.29) is 23.2 Å². The van der Waals surface area contributed by atoms with Crippen LogP contribution in [-0.2, 0) is 6.42 Å². The van der Waals surface area contributed by atoms with Gasteiger partial charge < -0.3 is 10.2 Å². The van der Waals surface area contributed by atoms with Gasteiger partial charge in [-0.05, 0) is 78.0 Å². The van der Waals surface area contributed by atoms with Gasteiger partial charge in [-0.15, -0.1) is 0 Å². The van der Waals surface area contributed by atoms with E-state index in [0.717, 1.165) is 30.4 Å². The van der Waals surface area contributed by atoms with Gasteiger partial charge in [-0.1, -0.05) is 26.8 Å². The van der Waals surface area contributed by atoms with Gasteiger partial charge in [-0.25, -0.2) is 4.39 Å². The van der Waals surface area contributed by atoms with E-state index in [9.17, 15) is 10.2 Å². The van der Waals surface area contributed by atoms with Crippen molar-refractivity contribution >= 4 is 0 Å². The molecule has 0 aromatic heterocycles. The standard InChI is InChI=1S/C21H29FO2/c1-11(2)16-7-12-6-13(23)4-5-15(12)20-18(22)10-21(3)9-14(24)8-17(21)19(16)20/h4-6,11,14,16-20,23-24H,7-10H2,1-3H3/t14-,16+,17+,18+,19+,20+,21+/m1/s1. The van der Waals surface area contributed by atoms with E-state index in [1.165, 1.54) is 0 Å². The average molecular weight is 332 g/mol. The highest BCUT2D eigenvalue weighted by Crippen LogP contribution is 2.63. The summed E-state index contributed by atoms with van der Waals surface area (Å²) < 4.78 is 15.4. The highest BCUT2D eigenvalue weighted by Gasteiger charge is 2.59. The first-order valence-electron chi connectivity index (χ1n) is 9.44. The highest BCUT2D eigenvalue weighted by atomic mass is 19.1. The van der Waals surface area contributed by atoms with Gasteiger partial charge in [0, 0.05) is 5.92 Å². The number of halogens is 1. The third-order valence-electron chi connectivity index (χ3n) is 7.35. The molecule has 3 heteroatoms. The number of rotatable bonds is 1. The molecular formula is C21H29FO2. The van der Waals surface area contributed by atoms with Crippen LogP contribution in [0.5, 0.6) is 5.75 Å². The number of benzene rings is 1. The summed E-state index contributed by atoms with van der Waals surface area (Å²) >= 11 is 0. The molecule has 0 heterocycles. The summed E-state index contributed by atoms with van der Waals surface area (Å²) in [6.45, 7) is 6.67. The Morgan fingerprint density at radius 2 is 2.00 bits per heavy atom. The number of fused-ring (bicyclic) bond motifs is 5. The number of phenolic OH excluding ortho intramolecular Hbond substituents is 1. The van der Waals surface area contributed by atoms with Gasteiger partial charge in [0.05, 0.1) is 6.10 Å². The second-order valence-electron chi connectivity index (χ2n) is 9.17. The fourth-order valence-electron chi connectivity index (χ4n) is 6.40. The maximum Gasteiger partial charge on any atom is 0.115 e. The molecule has 7 atom stereocenters. The summed E-state index contributed by atoms with van der Waals surface area (Å²) in [7, 11) is 0. The van der Waals surface area contributed by atoms with Crippen LogP contribution < -0.4 is 0 Å². The average Bonchev–Trinajstić information content (AvgIpc) is 2.79. The first-order chi connectivity index (χ1) is 11.3. The lowest BCUT2D eigenvalue weighted by atomic mass is 9.51. The highest BCUT2D eigenvalue weighted by molar-refractivity contribution is 5.41. The number of alkyl halides is 1. The lowest BCUT2D eigenvalue weighted by Crippen LogP contribution is -2.50. The molecule has 4 rings (SSSR count). The van der Waals surface area contributed by atoms with Crippen LogP contribution in [0.4, 0.5) is 4.39 Å². The summed E-state index contributed by atoms with van der Waals surface area (Å²) in [5.41, 5.74) is 2.16. The molecule has 0 bridgehead atoms. The lowest BCUT2D eigenvalue weighted by molar-refractivity contribution is -0.0341. The molecule has 3 aliphatic rings. The van der Waals surface area contributed by atoms with E-state index in [4.69, 9.17) is 0 Å². The minimum atomic E-state index is -0.855. The molecule has 1 aromatic rings. The second kappa shape index (κ2) is 5.45. The van der Waals surface area contributed by atoms with Gasteiger partial charge in [0.1, 0.15) is 11.9 Å². The van der Waals surface area contributed by atoms with Crippen LogP contribution in [0, 0.1) is 29.1 Å². The number of hydrogen-bond donors (Lipinski definition) is 2. The SMILES string of the molecule is CC(C)[C@@H]1Cc2cc(O)ccc2[C@@H]2[C@@H]1[C@@H]1C[C@@H](O)C[C@@]1(C)C[C@@H]2F. The number of aromatic hydroxyl groups is 1. The third kappa shape index (κ3) is 2.31. The van der Waals surface area contributed by atoms with E-state index in [2.05, 4.69) is 20.8 Å². The Morgan fingerprint density at radius 3 is 2.71 bits per heavy atom. The Bertz CT molecular complexity index is 643. The zero-order valence-electron chi connectivity index (χ0n) is 14.9. The Kier molecular flexibility index (Phi) is 3.72. The lowest BCUT2D eigenvalue weighted by Gasteiger charge is -2.54. The van der Waals surface area contributed by atoms with Crippen molar-refractivity contribution in [2.75, 3.05) is 0 Å². The normalized spacial score (nSPS) is 44.1. The Hall–Kier alpha value is -1.09. The Balaban J connectivity index is 1.83. The van der Waals surface area contributed by atoms with E-state index >= 15 is 4.39 Å². The van der Waals surface area contributed by atoms with Crippen LogP contribution in [-0.4, -0.2) is 22.5 Å². The zero-order chi connectivity index (χ0) is 17.2. The molecule has 0 unspecified atom stereocenters. The number of aliphatic hydroxyl groups is 1. The van der Waals surface area contributed by atoms with Gasteiger partial charge in [-0.3, -0.25) is 0 Å². The molecule has 2 fully saturated rings. The van der Waals surface area contributed by atoms with Crippen molar-refractivity contribution in [3.8, 4) is 5.75 Å². The van der Waals surface area contributed by atoms with Crippen molar-refractivity contribution < 1.29 is 14.6 Å². The topological polar surface area (TPSA) is 40.5 Å². The Morgan fingerprint density at radius 1 is 1.25 bits per heavy atom. The summed E-state index contributed by atoms with van der Waals surface area (Å²) in [6.07, 6.45) is 1.90. The molecular weight excluding hydrogens is 303 g/mol. The maximum absolute atomic E-state index is 15.4. The predicted molar refractivity (Wildman–Crippen MR) is 92.7 cm³/mol. The van der Waals surface area contributed by atoms with Gasteiger partial charge in [0.15, 0.2) is 0 Å². The first kappa shape index (κ1) is 16.4. The van der Waals surface area contributed by atoms with Crippen LogP contribution in [0.25, 0.3) is 0 Å². The Labute approximate surface area is 144 Å². The molecule has 0 saturated heterocycles. The maximum atomic E-state index is 15.4. The van der Waals surface area contributed by atoms with Gasteiger partial charge in [0.25, 0.3) is 0 Å². The summed E-state index contributed by atoms with van der Waals surface area (Å²) in [5.74, 6) is 1.79. The number of phenols is 1. The molecule has 2 N–H and O–H groups in total. The van der Waals surface area contributed by atoms with Crippen molar-refractivity contribution in [1.82, 2.24) is 0 Å². The third-order valence-corrected chi connectivity index (χ3v) is 7.35. The second-order valence-corrected chi connectivity index (χ2v) is 9.17. The summed E-state index contributed by atoms with van der Waals surface area (Å²) in [5, 5.41) is 20.2. The van der Waals surface area contributed by atoms with Gasteiger partial charge in [0.2, 0.25) is 0 Å². The van der Waals surface area contributed by atoms with Crippen molar-refractivity contribution in [3.05, 3.63) is 29.3 Å². The van der Waals surface area contributed by atoms with E-state index in [1.807, 2.05) is 12.1 Å². The van der Waals surface area contributed by atoms with Crippen molar-refractivity contribution in [2.45, 2.75) is 64.6 Å². The van der Waals surface area contributed by atoms with Crippen LogP contribution in [0.2, 0.25) is 0 Å². The van der Waals surface area contributed by atoms with E-state index in [0.29, 0.717) is 30.1 Å². The minimum absolute atomic E-state index is 0.0679. The van der Waals surface area contributed by atoms with Crippen LogP contribution >= 0.6 is 0 Å². The van der Waals surface area contributed by atoms with E-state index < -0.39 is 6.17 Å². The number of hydrogen-bond acceptors (Lipinski definition) is 2. The van der Waals surface area contributed by atoms with Gasteiger partial charge >= 0.3 is 0 Å². The van der Waals surface area contributed by atoms with Crippen LogP contribution in [0.15, 0.2) is 18.2 Å². The molecule has 132 valence electrons. The quantitative estimate of drug-likeness (QED) is 0.798. The first-order valence-corrected chi connectivity index (χ1v) is 9.44. The van der Waals surface area contributed by atoms with Gasteiger partial charge in [-0.2, -0.15) is 0 Å². The molecule has 1 aromatic carbocycles. The molecule has 24 heavy (non-hydrogen) atoms. The van der Waals surface area contributed by atoms with Crippen molar-refractivity contribution in [1.29, 1.82) is 0 Å². The monoisotopic (exact) mass is 332 g/mol. The molecule has 0 aliphatic heterocycles. The molecule has 2 saturated carbocycles. The summed E-state index contributed by atoms with van der Waals surface area (Å²) in [6, 6.07) is 5.49. The molecule has 0 spiro atoms. The molecule has 0 radical (unpaired) electrons. The van der Waals surface area contributed by atoms with Crippen molar-refractivity contribution in [2.24, 2.45) is 29.1 Å². The zero-order valence-corrected chi connectivity index (χ0v) is 14.9. The van der Waals surface area contributed by atoms with E-state index in [1.54, 1.807) is 6.07 Å². The number of aliphatic hydroxyl groups excluding tert-OH is 1. The summed E-state index contributed by atoms with van der Waals surface area (Å²) in [4.78, 5) is 0. The van der Waals surface area contributed by atoms with Crippen LogP contribution in [0.3, 0.4) is 0 Å². The minimum Gasteiger partial charge on any atom is -0.508 e. The molecule has 2 nitrogen and oxygen atoms in total. The fraction of sp³-hybridized carbons (Fsp3) is 0.714. The van der Waals surface area contributed by atoms with Crippen LogP contribution in [0.1, 0.15) is 57.1 Å². The molecule has 3 aliphatic carbocycles. The fourth-order valence-corrected chi connectivity index (χ4v) is 6.40. The predicted octanol–water partition coefficient (Wildman–Crippen LogP) is 4.44. The largest absolute Gasteiger partial charge is 0.508 e. The van der Waals surface area contributed by atoms with Crippen molar-refractivity contribution in [3.63, 3.8) is 0 Å².